The number of likely N-dealkylation sites (tertiary alicyclic amines) is 1. The zero-order valence-electron chi connectivity index (χ0n) is 12.0. The zero-order valence-corrected chi connectivity index (χ0v) is 12.0. The average Bonchev–Trinajstić information content (AvgIpc) is 2.52. The first-order valence-corrected chi connectivity index (χ1v) is 7.26. The number of piperidine rings is 1. The van der Waals surface area contributed by atoms with Crippen molar-refractivity contribution < 1.29 is 14.6 Å². The van der Waals surface area contributed by atoms with Crippen LogP contribution in [0, 0.1) is 0 Å². The molecule has 1 saturated heterocycles. The highest BCUT2D eigenvalue weighted by Gasteiger charge is 2.27. The molecule has 2 rings (SSSR count). The molecular weight excluding hydrogens is 254 g/mol. The summed E-state index contributed by atoms with van der Waals surface area (Å²) in [4.78, 5) is 14.6. The predicted octanol–water partition coefficient (Wildman–Crippen LogP) is 1.86. The lowest BCUT2D eigenvalue weighted by molar-refractivity contribution is 0.0501. The lowest BCUT2D eigenvalue weighted by atomic mass is 9.98. The molecule has 1 aromatic carbocycles. The fourth-order valence-corrected chi connectivity index (χ4v) is 2.77. The molecule has 1 aliphatic heterocycles. The molecule has 0 aromatic heterocycles. The number of carbonyl (C=O) groups is 1. The van der Waals surface area contributed by atoms with E-state index in [4.69, 9.17) is 4.74 Å². The van der Waals surface area contributed by atoms with Gasteiger partial charge >= 0.3 is 0 Å². The number of aliphatic hydroxyl groups is 1. The molecule has 1 amide bonds. The highest BCUT2D eigenvalue weighted by molar-refractivity contribution is 5.96. The van der Waals surface area contributed by atoms with Gasteiger partial charge in [0.15, 0.2) is 0 Å². The largest absolute Gasteiger partial charge is 0.394 e. The minimum absolute atomic E-state index is 0.0354. The molecule has 0 spiro atoms. The van der Waals surface area contributed by atoms with Crippen molar-refractivity contribution in [2.75, 3.05) is 26.9 Å². The van der Waals surface area contributed by atoms with Crippen molar-refractivity contribution in [2.24, 2.45) is 0 Å². The SMILES string of the molecule is COCCc1ccccc1C(=O)N1CCCCC1CO. The third-order valence-electron chi connectivity index (χ3n) is 3.92. The summed E-state index contributed by atoms with van der Waals surface area (Å²) in [5.41, 5.74) is 1.76. The summed E-state index contributed by atoms with van der Waals surface area (Å²) in [7, 11) is 1.66. The highest BCUT2D eigenvalue weighted by Crippen LogP contribution is 2.21. The number of rotatable bonds is 5. The van der Waals surface area contributed by atoms with Gasteiger partial charge in [-0.3, -0.25) is 4.79 Å². The fourth-order valence-electron chi connectivity index (χ4n) is 2.77. The van der Waals surface area contributed by atoms with Crippen LogP contribution in [0.5, 0.6) is 0 Å². The van der Waals surface area contributed by atoms with Gasteiger partial charge in [-0.1, -0.05) is 18.2 Å². The molecule has 0 bridgehead atoms. The van der Waals surface area contributed by atoms with Gasteiger partial charge in [-0.2, -0.15) is 0 Å². The van der Waals surface area contributed by atoms with E-state index in [-0.39, 0.29) is 18.6 Å². The maximum Gasteiger partial charge on any atom is 0.254 e. The summed E-state index contributed by atoms with van der Waals surface area (Å²) < 4.78 is 5.10. The van der Waals surface area contributed by atoms with E-state index in [1.165, 1.54) is 0 Å². The first kappa shape index (κ1) is 15.0. The van der Waals surface area contributed by atoms with Crippen LogP contribution >= 0.6 is 0 Å². The number of nitrogens with zero attached hydrogens (tertiary/aromatic N) is 1. The maximum atomic E-state index is 12.7. The third kappa shape index (κ3) is 3.38. The van der Waals surface area contributed by atoms with E-state index in [0.717, 1.165) is 43.4 Å². The van der Waals surface area contributed by atoms with Crippen LogP contribution < -0.4 is 0 Å². The van der Waals surface area contributed by atoms with Crippen molar-refractivity contribution in [1.82, 2.24) is 4.90 Å². The molecular formula is C16H23NO3. The first-order valence-electron chi connectivity index (χ1n) is 7.26. The number of carbonyl (C=O) groups excluding carboxylic acids is 1. The average molecular weight is 277 g/mol. The van der Waals surface area contributed by atoms with Gasteiger partial charge in [0.05, 0.1) is 19.3 Å². The summed E-state index contributed by atoms with van der Waals surface area (Å²) in [5.74, 6) is 0.0375. The molecule has 0 saturated carbocycles. The molecule has 0 aliphatic carbocycles. The number of benzene rings is 1. The van der Waals surface area contributed by atoms with Crippen molar-refractivity contribution in [3.8, 4) is 0 Å². The Bertz CT molecular complexity index is 447. The van der Waals surface area contributed by atoms with Gasteiger partial charge in [0, 0.05) is 19.2 Å². The van der Waals surface area contributed by atoms with E-state index in [2.05, 4.69) is 0 Å². The van der Waals surface area contributed by atoms with Gasteiger partial charge in [0.25, 0.3) is 5.91 Å². The van der Waals surface area contributed by atoms with E-state index in [1.807, 2.05) is 29.2 Å². The van der Waals surface area contributed by atoms with E-state index >= 15 is 0 Å². The number of methoxy groups -OCH3 is 1. The van der Waals surface area contributed by atoms with Crippen molar-refractivity contribution in [3.05, 3.63) is 35.4 Å². The second-order valence-electron chi connectivity index (χ2n) is 5.23. The van der Waals surface area contributed by atoms with Crippen LogP contribution in [-0.2, 0) is 11.2 Å². The van der Waals surface area contributed by atoms with Gasteiger partial charge in [0.1, 0.15) is 0 Å². The van der Waals surface area contributed by atoms with Gasteiger partial charge < -0.3 is 14.7 Å². The first-order chi connectivity index (χ1) is 9.77. The number of aliphatic hydroxyl groups excluding tert-OH is 1. The highest BCUT2D eigenvalue weighted by atomic mass is 16.5. The third-order valence-corrected chi connectivity index (χ3v) is 3.92. The van der Waals surface area contributed by atoms with Gasteiger partial charge in [-0.25, -0.2) is 0 Å². The summed E-state index contributed by atoms with van der Waals surface area (Å²) in [6.07, 6.45) is 3.72. The molecule has 110 valence electrons. The summed E-state index contributed by atoms with van der Waals surface area (Å²) in [6, 6.07) is 7.65. The molecule has 1 atom stereocenters. The van der Waals surface area contributed by atoms with E-state index < -0.39 is 0 Å². The smallest absolute Gasteiger partial charge is 0.254 e. The van der Waals surface area contributed by atoms with E-state index in [1.54, 1.807) is 7.11 Å². The number of hydrogen-bond acceptors (Lipinski definition) is 3. The fraction of sp³-hybridized carbons (Fsp3) is 0.562. The van der Waals surface area contributed by atoms with Gasteiger partial charge in [-0.15, -0.1) is 0 Å². The molecule has 4 nitrogen and oxygen atoms in total. The Balaban J connectivity index is 2.19. The minimum Gasteiger partial charge on any atom is -0.394 e. The van der Waals surface area contributed by atoms with E-state index in [9.17, 15) is 9.90 Å². The Morgan fingerprint density at radius 3 is 2.95 bits per heavy atom. The molecule has 20 heavy (non-hydrogen) atoms. The van der Waals surface area contributed by atoms with E-state index in [0.29, 0.717) is 6.61 Å². The second-order valence-corrected chi connectivity index (χ2v) is 5.23. The predicted molar refractivity (Wildman–Crippen MR) is 77.8 cm³/mol. The molecule has 1 N–H and O–H groups in total. The summed E-state index contributed by atoms with van der Waals surface area (Å²) in [5, 5.41) is 9.45. The van der Waals surface area contributed by atoms with Crippen LogP contribution in [0.4, 0.5) is 0 Å². The minimum atomic E-state index is -0.0354. The Kier molecular flexibility index (Phi) is 5.56. The molecule has 0 radical (unpaired) electrons. The van der Waals surface area contributed by atoms with Gasteiger partial charge in [-0.05, 0) is 37.3 Å². The van der Waals surface area contributed by atoms with Crippen LogP contribution in [-0.4, -0.2) is 48.8 Å². The Morgan fingerprint density at radius 1 is 1.40 bits per heavy atom. The van der Waals surface area contributed by atoms with Crippen LogP contribution in [0.15, 0.2) is 24.3 Å². The molecule has 1 fully saturated rings. The summed E-state index contributed by atoms with van der Waals surface area (Å²) in [6.45, 7) is 1.39. The summed E-state index contributed by atoms with van der Waals surface area (Å²) >= 11 is 0. The van der Waals surface area contributed by atoms with Crippen molar-refractivity contribution in [1.29, 1.82) is 0 Å². The number of amides is 1. The second kappa shape index (κ2) is 7.41. The van der Waals surface area contributed by atoms with Crippen LogP contribution in [0.25, 0.3) is 0 Å². The van der Waals surface area contributed by atoms with Crippen molar-refractivity contribution in [3.63, 3.8) is 0 Å². The molecule has 1 unspecified atom stereocenters. The monoisotopic (exact) mass is 277 g/mol. The normalized spacial score (nSPS) is 19.1. The Labute approximate surface area is 120 Å². The van der Waals surface area contributed by atoms with Crippen LogP contribution in [0.3, 0.4) is 0 Å². The number of ether oxygens (including phenoxy) is 1. The molecule has 1 heterocycles. The zero-order chi connectivity index (χ0) is 14.4. The van der Waals surface area contributed by atoms with Crippen molar-refractivity contribution >= 4 is 5.91 Å². The van der Waals surface area contributed by atoms with Crippen molar-refractivity contribution in [2.45, 2.75) is 31.7 Å². The lowest BCUT2D eigenvalue weighted by Crippen LogP contribution is -2.45. The number of hydrogen-bond donors (Lipinski definition) is 1. The van der Waals surface area contributed by atoms with Gasteiger partial charge in [0.2, 0.25) is 0 Å². The molecule has 1 aliphatic rings. The quantitative estimate of drug-likeness (QED) is 0.894. The Hall–Kier alpha value is -1.39. The standard InChI is InChI=1S/C16H23NO3/c1-20-11-9-13-6-2-3-8-15(13)16(19)17-10-5-4-7-14(17)12-18/h2-3,6,8,14,18H,4-5,7,9-12H2,1H3. The van der Waals surface area contributed by atoms with Crippen LogP contribution in [0.1, 0.15) is 35.2 Å². The Morgan fingerprint density at radius 2 is 2.20 bits per heavy atom. The molecule has 4 heteroatoms. The van der Waals surface area contributed by atoms with Crippen LogP contribution in [0.2, 0.25) is 0 Å². The lowest BCUT2D eigenvalue weighted by Gasteiger charge is -2.35. The molecule has 1 aromatic rings. The topological polar surface area (TPSA) is 49.8 Å². The maximum absolute atomic E-state index is 12.7.